The van der Waals surface area contributed by atoms with Crippen molar-refractivity contribution in [1.29, 1.82) is 0 Å². The van der Waals surface area contributed by atoms with Crippen LogP contribution in [0.3, 0.4) is 0 Å². The van der Waals surface area contributed by atoms with E-state index in [0.717, 1.165) is 65.6 Å². The molecule has 0 amide bonds. The van der Waals surface area contributed by atoms with Gasteiger partial charge in [0.2, 0.25) is 10.0 Å². The summed E-state index contributed by atoms with van der Waals surface area (Å²) in [4.78, 5) is 19.7. The molecule has 4 aromatic rings. The minimum absolute atomic E-state index is 0.219. The Balaban J connectivity index is 1.42. The SMILES string of the molecule is CCCC1CCN(Cc2cc3nc(-c4cc(S(=O)(=O)N(C)C)cc5[nH]ccc45)nc(N4CCOCC4)c3s2)CC1. The summed E-state index contributed by atoms with van der Waals surface area (Å²) < 4.78 is 34.2. The summed E-state index contributed by atoms with van der Waals surface area (Å²) in [5.41, 5.74) is 2.37. The predicted molar refractivity (Wildman–Crippen MR) is 162 cm³/mol. The number of hydrogen-bond acceptors (Lipinski definition) is 8. The molecule has 1 N–H and O–H groups in total. The first kappa shape index (κ1) is 27.6. The molecule has 0 unspecified atom stereocenters. The number of likely N-dealkylation sites (tertiary alicyclic amines) is 1. The fourth-order valence-corrected chi connectivity index (χ4v) is 8.01. The maximum atomic E-state index is 13.1. The predicted octanol–water partition coefficient (Wildman–Crippen LogP) is 4.94. The van der Waals surface area contributed by atoms with Crippen LogP contribution in [0.1, 0.15) is 37.5 Å². The van der Waals surface area contributed by atoms with Crippen molar-refractivity contribution < 1.29 is 13.2 Å². The smallest absolute Gasteiger partial charge is 0.242 e. The molecule has 9 nitrogen and oxygen atoms in total. The second-order valence-corrected chi connectivity index (χ2v) is 14.4. The van der Waals surface area contributed by atoms with Gasteiger partial charge in [0.15, 0.2) is 11.6 Å². The van der Waals surface area contributed by atoms with Crippen molar-refractivity contribution in [2.24, 2.45) is 5.92 Å². The lowest BCUT2D eigenvalue weighted by Gasteiger charge is -2.31. The summed E-state index contributed by atoms with van der Waals surface area (Å²) in [6, 6.07) is 7.56. The molecular formula is C29H38N6O3S2. The summed E-state index contributed by atoms with van der Waals surface area (Å²) in [6.07, 6.45) is 6.99. The van der Waals surface area contributed by atoms with Crippen LogP contribution in [0.25, 0.3) is 32.5 Å². The van der Waals surface area contributed by atoms with Gasteiger partial charge >= 0.3 is 0 Å². The molecule has 40 heavy (non-hydrogen) atoms. The zero-order chi connectivity index (χ0) is 27.9. The molecule has 0 atom stereocenters. The zero-order valence-electron chi connectivity index (χ0n) is 23.5. The Kier molecular flexibility index (Phi) is 7.84. The lowest BCUT2D eigenvalue weighted by Crippen LogP contribution is -2.36. The van der Waals surface area contributed by atoms with Gasteiger partial charge in [-0.3, -0.25) is 4.90 Å². The Morgan fingerprint density at radius 3 is 2.60 bits per heavy atom. The van der Waals surface area contributed by atoms with Crippen molar-refractivity contribution in [3.8, 4) is 11.4 Å². The number of nitrogens with one attached hydrogen (secondary N) is 1. The Bertz CT molecular complexity index is 1600. The molecule has 3 aromatic heterocycles. The highest BCUT2D eigenvalue weighted by molar-refractivity contribution is 7.89. The molecule has 2 aliphatic rings. The molecule has 6 rings (SSSR count). The maximum absolute atomic E-state index is 13.1. The summed E-state index contributed by atoms with van der Waals surface area (Å²) in [5.74, 6) is 2.31. The average molecular weight is 583 g/mol. The molecule has 0 aliphatic carbocycles. The van der Waals surface area contributed by atoms with Gasteiger partial charge in [0, 0.05) is 61.3 Å². The second-order valence-electron chi connectivity index (χ2n) is 11.1. The monoisotopic (exact) mass is 582 g/mol. The number of nitrogens with zero attached hydrogens (tertiary/aromatic N) is 5. The minimum atomic E-state index is -3.64. The molecular weight excluding hydrogens is 544 g/mol. The van der Waals surface area contributed by atoms with Crippen LogP contribution in [0.15, 0.2) is 35.4 Å². The van der Waals surface area contributed by atoms with Gasteiger partial charge in [0.1, 0.15) is 0 Å². The molecule has 1 aromatic carbocycles. The molecule has 0 radical (unpaired) electrons. The lowest BCUT2D eigenvalue weighted by atomic mass is 9.92. The lowest BCUT2D eigenvalue weighted by molar-refractivity contribution is 0.122. The van der Waals surface area contributed by atoms with E-state index in [1.807, 2.05) is 12.3 Å². The van der Waals surface area contributed by atoms with Gasteiger partial charge in [-0.2, -0.15) is 0 Å². The van der Waals surface area contributed by atoms with Crippen LogP contribution < -0.4 is 4.90 Å². The number of sulfonamides is 1. The zero-order valence-corrected chi connectivity index (χ0v) is 25.2. The molecule has 2 fully saturated rings. The number of piperidine rings is 1. The van der Waals surface area contributed by atoms with Gasteiger partial charge in [-0.1, -0.05) is 19.8 Å². The van der Waals surface area contributed by atoms with Crippen LogP contribution in [0.4, 0.5) is 5.82 Å². The standard InChI is InChI=1S/C29H38N6O3S2/c1-4-5-20-7-10-34(11-8-20)19-21-16-26-27(39-21)29(35-12-14-38-15-13-35)32-28(31-26)24-17-22(40(36,37)33(2)3)18-25-23(24)6-9-30-25/h6,9,16-18,20,30H,4-5,7-8,10-15,19H2,1-3H3. The number of fused-ring (bicyclic) bond motifs is 2. The van der Waals surface area contributed by atoms with Gasteiger partial charge in [-0.25, -0.2) is 22.7 Å². The second kappa shape index (κ2) is 11.4. The van der Waals surface area contributed by atoms with E-state index in [0.29, 0.717) is 24.6 Å². The molecule has 5 heterocycles. The highest BCUT2D eigenvalue weighted by Gasteiger charge is 2.25. The number of thiophene rings is 1. The number of anilines is 1. The van der Waals surface area contributed by atoms with E-state index < -0.39 is 10.0 Å². The number of H-pyrrole nitrogens is 1. The Labute approximate surface area is 240 Å². The van der Waals surface area contributed by atoms with Crippen molar-refractivity contribution >= 4 is 48.3 Å². The van der Waals surface area contributed by atoms with Gasteiger partial charge in [0.05, 0.1) is 28.3 Å². The third-order valence-corrected chi connectivity index (χ3v) is 11.1. The molecule has 0 bridgehead atoms. The Morgan fingerprint density at radius 2 is 1.88 bits per heavy atom. The molecule has 214 valence electrons. The average Bonchev–Trinajstić information content (AvgIpc) is 3.60. The van der Waals surface area contributed by atoms with Crippen LogP contribution in [0, 0.1) is 5.92 Å². The van der Waals surface area contributed by atoms with Gasteiger partial charge in [-0.05, 0) is 56.1 Å². The summed E-state index contributed by atoms with van der Waals surface area (Å²) >= 11 is 1.78. The maximum Gasteiger partial charge on any atom is 0.242 e. The number of aromatic nitrogens is 3. The number of rotatable bonds is 8. The number of morpholine rings is 1. The highest BCUT2D eigenvalue weighted by Crippen LogP contribution is 2.38. The Hall–Kier alpha value is -2.57. The van der Waals surface area contributed by atoms with Gasteiger partial charge in [-0.15, -0.1) is 11.3 Å². The quantitative estimate of drug-likeness (QED) is 0.315. The van der Waals surface area contributed by atoms with E-state index in [1.165, 1.54) is 34.9 Å². The van der Waals surface area contributed by atoms with E-state index in [9.17, 15) is 8.42 Å². The van der Waals surface area contributed by atoms with Crippen LogP contribution in [0.2, 0.25) is 0 Å². The molecule has 2 saturated heterocycles. The van der Waals surface area contributed by atoms with Crippen LogP contribution in [-0.4, -0.2) is 86.1 Å². The van der Waals surface area contributed by atoms with Crippen molar-refractivity contribution in [2.45, 2.75) is 44.0 Å². The topological polar surface area (TPSA) is 94.7 Å². The van der Waals surface area contributed by atoms with Crippen molar-refractivity contribution in [2.75, 3.05) is 58.4 Å². The number of benzene rings is 1. The fourth-order valence-electron chi connectivity index (χ4n) is 5.90. The molecule has 11 heteroatoms. The van der Waals surface area contributed by atoms with Crippen molar-refractivity contribution in [3.05, 3.63) is 35.3 Å². The highest BCUT2D eigenvalue weighted by atomic mass is 32.2. The van der Waals surface area contributed by atoms with Crippen LogP contribution in [-0.2, 0) is 21.3 Å². The third kappa shape index (κ3) is 5.37. The summed E-state index contributed by atoms with van der Waals surface area (Å²) in [6.45, 7) is 8.33. The largest absolute Gasteiger partial charge is 0.378 e. The molecule has 0 saturated carbocycles. The Morgan fingerprint density at radius 1 is 1.10 bits per heavy atom. The fraction of sp³-hybridized carbons (Fsp3) is 0.517. The van der Waals surface area contributed by atoms with Crippen molar-refractivity contribution in [3.63, 3.8) is 0 Å². The first-order valence-electron chi connectivity index (χ1n) is 14.2. The van der Waals surface area contributed by atoms with E-state index in [-0.39, 0.29) is 4.90 Å². The first-order valence-corrected chi connectivity index (χ1v) is 16.5. The van der Waals surface area contributed by atoms with Gasteiger partial charge < -0.3 is 14.6 Å². The van der Waals surface area contributed by atoms with Crippen LogP contribution >= 0.6 is 11.3 Å². The third-order valence-electron chi connectivity index (χ3n) is 8.16. The van der Waals surface area contributed by atoms with E-state index in [4.69, 9.17) is 14.7 Å². The van der Waals surface area contributed by atoms with E-state index in [2.05, 4.69) is 27.8 Å². The summed E-state index contributed by atoms with van der Waals surface area (Å²) in [7, 11) is -0.547. The first-order chi connectivity index (χ1) is 19.3. The number of hydrogen-bond donors (Lipinski definition) is 1. The molecule has 2 aliphatic heterocycles. The van der Waals surface area contributed by atoms with E-state index >= 15 is 0 Å². The van der Waals surface area contributed by atoms with Crippen molar-refractivity contribution in [1.82, 2.24) is 24.2 Å². The normalized spacial score (nSPS) is 17.9. The summed E-state index contributed by atoms with van der Waals surface area (Å²) in [5, 5.41) is 0.899. The van der Waals surface area contributed by atoms with E-state index in [1.54, 1.807) is 37.6 Å². The van der Waals surface area contributed by atoms with Crippen LogP contribution in [0.5, 0.6) is 0 Å². The minimum Gasteiger partial charge on any atom is -0.378 e. The number of ether oxygens (including phenoxy) is 1. The number of aromatic amines is 1. The molecule has 0 spiro atoms. The van der Waals surface area contributed by atoms with Gasteiger partial charge in [0.25, 0.3) is 0 Å².